The number of ether oxygens (including phenoxy) is 1. The van der Waals surface area contributed by atoms with Crippen LogP contribution in [0, 0.1) is 0 Å². The molecule has 1 heterocycles. The number of carbonyl (C=O) groups excluding carboxylic acids is 1. The molecule has 1 aromatic carbocycles. The molecule has 0 aromatic heterocycles. The van der Waals surface area contributed by atoms with Gasteiger partial charge >= 0.3 is 0 Å². The quantitative estimate of drug-likeness (QED) is 0.902. The molecule has 1 N–H and O–H groups in total. The van der Waals surface area contributed by atoms with Gasteiger partial charge in [-0.2, -0.15) is 0 Å². The van der Waals surface area contributed by atoms with Gasteiger partial charge in [0.2, 0.25) is 5.91 Å². The van der Waals surface area contributed by atoms with Crippen LogP contribution in [0.5, 0.6) is 5.75 Å². The van der Waals surface area contributed by atoms with Gasteiger partial charge in [-0.25, -0.2) is 0 Å². The van der Waals surface area contributed by atoms with Crippen LogP contribution in [0.25, 0.3) is 0 Å². The Kier molecular flexibility index (Phi) is 7.41. The predicted molar refractivity (Wildman–Crippen MR) is 82.6 cm³/mol. The first-order valence-electron chi connectivity index (χ1n) is 6.91. The lowest BCUT2D eigenvalue weighted by molar-refractivity contribution is -0.131. The molecule has 112 valence electrons. The van der Waals surface area contributed by atoms with E-state index in [9.17, 15) is 4.79 Å². The molecule has 5 heteroatoms. The largest absolute Gasteiger partial charge is 0.497 e. The maximum Gasteiger partial charge on any atom is 0.222 e. The third-order valence-corrected chi connectivity index (χ3v) is 3.48. The monoisotopic (exact) mass is 298 g/mol. The predicted octanol–water partition coefficient (Wildman–Crippen LogP) is 1.87. The van der Waals surface area contributed by atoms with Crippen molar-refractivity contribution in [2.24, 2.45) is 0 Å². The molecule has 0 radical (unpaired) electrons. The van der Waals surface area contributed by atoms with Crippen LogP contribution in [-0.4, -0.2) is 44.1 Å². The maximum absolute atomic E-state index is 12.0. The van der Waals surface area contributed by atoms with Crippen molar-refractivity contribution in [1.82, 2.24) is 10.2 Å². The summed E-state index contributed by atoms with van der Waals surface area (Å²) in [4.78, 5) is 13.9. The van der Waals surface area contributed by atoms with E-state index in [4.69, 9.17) is 4.74 Å². The standard InChI is InChI=1S/C15H22N2O2.ClH/c1-19-14-7-5-13(6-8-14)3-2-4-15(18)17-11-9-16-10-12-17;/h5-8,16H,2-4,9-12H2,1H3;1H. The summed E-state index contributed by atoms with van der Waals surface area (Å²) in [6.45, 7) is 3.54. The number of carbonyl (C=O) groups is 1. The van der Waals surface area contributed by atoms with Crippen LogP contribution in [0.1, 0.15) is 18.4 Å². The van der Waals surface area contributed by atoms with Crippen molar-refractivity contribution < 1.29 is 9.53 Å². The van der Waals surface area contributed by atoms with Crippen molar-refractivity contribution in [2.45, 2.75) is 19.3 Å². The van der Waals surface area contributed by atoms with Crippen LogP contribution < -0.4 is 10.1 Å². The second kappa shape index (κ2) is 8.82. The second-order valence-electron chi connectivity index (χ2n) is 4.83. The van der Waals surface area contributed by atoms with Gasteiger partial charge in [0.1, 0.15) is 5.75 Å². The molecule has 1 fully saturated rings. The smallest absolute Gasteiger partial charge is 0.222 e. The SMILES string of the molecule is COc1ccc(CCCC(=O)N2CCNCC2)cc1.Cl. The summed E-state index contributed by atoms with van der Waals surface area (Å²) >= 11 is 0. The molecule has 1 aromatic rings. The zero-order chi connectivity index (χ0) is 13.5. The molecular weight excluding hydrogens is 276 g/mol. The lowest BCUT2D eigenvalue weighted by atomic mass is 10.1. The van der Waals surface area contributed by atoms with Crippen LogP contribution in [-0.2, 0) is 11.2 Å². The Balaban J connectivity index is 0.00000200. The lowest BCUT2D eigenvalue weighted by Crippen LogP contribution is -2.46. The van der Waals surface area contributed by atoms with Crippen LogP contribution in [0.2, 0.25) is 0 Å². The lowest BCUT2D eigenvalue weighted by Gasteiger charge is -2.27. The Morgan fingerprint density at radius 2 is 1.90 bits per heavy atom. The minimum Gasteiger partial charge on any atom is -0.497 e. The summed E-state index contributed by atoms with van der Waals surface area (Å²) in [6, 6.07) is 8.06. The molecule has 2 rings (SSSR count). The van der Waals surface area contributed by atoms with Gasteiger partial charge in [-0.3, -0.25) is 4.79 Å². The van der Waals surface area contributed by atoms with Crippen molar-refractivity contribution in [2.75, 3.05) is 33.3 Å². The van der Waals surface area contributed by atoms with Crippen molar-refractivity contribution in [1.29, 1.82) is 0 Å². The molecule has 4 nitrogen and oxygen atoms in total. The van der Waals surface area contributed by atoms with Gasteiger partial charge in [0.05, 0.1) is 7.11 Å². The Hall–Kier alpha value is -1.26. The fourth-order valence-electron chi connectivity index (χ4n) is 2.31. The zero-order valence-electron chi connectivity index (χ0n) is 11.9. The topological polar surface area (TPSA) is 41.6 Å². The summed E-state index contributed by atoms with van der Waals surface area (Å²) in [7, 11) is 1.67. The molecule has 0 aliphatic carbocycles. The minimum absolute atomic E-state index is 0. The van der Waals surface area contributed by atoms with E-state index in [0.717, 1.165) is 44.8 Å². The molecule has 1 saturated heterocycles. The van der Waals surface area contributed by atoms with E-state index in [1.54, 1.807) is 7.11 Å². The number of piperazine rings is 1. The number of rotatable bonds is 5. The number of nitrogens with one attached hydrogen (secondary N) is 1. The van der Waals surface area contributed by atoms with Crippen LogP contribution in [0.4, 0.5) is 0 Å². The number of hydrogen-bond donors (Lipinski definition) is 1. The van der Waals surface area contributed by atoms with E-state index in [1.807, 2.05) is 17.0 Å². The fourth-order valence-corrected chi connectivity index (χ4v) is 2.31. The highest BCUT2D eigenvalue weighted by atomic mass is 35.5. The molecule has 0 bridgehead atoms. The van der Waals surface area contributed by atoms with Gasteiger partial charge in [-0.1, -0.05) is 12.1 Å². The summed E-state index contributed by atoms with van der Waals surface area (Å²) in [5.74, 6) is 1.16. The van der Waals surface area contributed by atoms with Gasteiger partial charge in [0.25, 0.3) is 0 Å². The molecule has 0 atom stereocenters. The van der Waals surface area contributed by atoms with E-state index in [2.05, 4.69) is 17.4 Å². The van der Waals surface area contributed by atoms with Crippen LogP contribution in [0.15, 0.2) is 24.3 Å². The third-order valence-electron chi connectivity index (χ3n) is 3.48. The highest BCUT2D eigenvalue weighted by molar-refractivity contribution is 5.85. The van der Waals surface area contributed by atoms with E-state index < -0.39 is 0 Å². The Morgan fingerprint density at radius 3 is 2.50 bits per heavy atom. The number of benzene rings is 1. The second-order valence-corrected chi connectivity index (χ2v) is 4.83. The van der Waals surface area contributed by atoms with Gasteiger partial charge in [-0.15, -0.1) is 12.4 Å². The van der Waals surface area contributed by atoms with Crippen LogP contribution in [0.3, 0.4) is 0 Å². The fraction of sp³-hybridized carbons (Fsp3) is 0.533. The van der Waals surface area contributed by atoms with Crippen molar-refractivity contribution in [3.63, 3.8) is 0 Å². The first-order chi connectivity index (χ1) is 9.29. The highest BCUT2D eigenvalue weighted by Gasteiger charge is 2.15. The number of aryl methyl sites for hydroxylation is 1. The Bertz CT molecular complexity index is 403. The maximum atomic E-state index is 12.0. The summed E-state index contributed by atoms with van der Waals surface area (Å²) in [5, 5.41) is 3.26. The van der Waals surface area contributed by atoms with E-state index in [1.165, 1.54) is 5.56 Å². The van der Waals surface area contributed by atoms with Gasteiger partial charge in [0.15, 0.2) is 0 Å². The normalized spacial score (nSPS) is 14.6. The van der Waals surface area contributed by atoms with E-state index in [-0.39, 0.29) is 18.3 Å². The average Bonchev–Trinajstić information content (AvgIpc) is 2.49. The summed E-state index contributed by atoms with van der Waals surface area (Å²) in [5.41, 5.74) is 1.26. The minimum atomic E-state index is 0. The molecule has 1 aliphatic heterocycles. The molecule has 0 unspecified atom stereocenters. The molecule has 20 heavy (non-hydrogen) atoms. The van der Waals surface area contributed by atoms with Gasteiger partial charge in [0, 0.05) is 32.6 Å². The third kappa shape index (κ3) is 5.02. The Labute approximate surface area is 126 Å². The molecule has 1 amide bonds. The number of hydrogen-bond acceptors (Lipinski definition) is 3. The number of halogens is 1. The highest BCUT2D eigenvalue weighted by Crippen LogP contribution is 2.13. The first kappa shape index (κ1) is 16.8. The molecule has 0 spiro atoms. The molecule has 0 saturated carbocycles. The molecular formula is C15H23ClN2O2. The van der Waals surface area contributed by atoms with Crippen molar-refractivity contribution in [3.8, 4) is 5.75 Å². The number of amides is 1. The first-order valence-corrected chi connectivity index (χ1v) is 6.91. The number of nitrogens with zero attached hydrogens (tertiary/aromatic N) is 1. The molecule has 1 aliphatic rings. The zero-order valence-corrected chi connectivity index (χ0v) is 12.7. The van der Waals surface area contributed by atoms with E-state index >= 15 is 0 Å². The van der Waals surface area contributed by atoms with Gasteiger partial charge < -0.3 is 15.0 Å². The average molecular weight is 299 g/mol. The van der Waals surface area contributed by atoms with Crippen LogP contribution >= 0.6 is 12.4 Å². The summed E-state index contributed by atoms with van der Waals surface area (Å²) in [6.07, 6.45) is 2.50. The van der Waals surface area contributed by atoms with Crippen molar-refractivity contribution in [3.05, 3.63) is 29.8 Å². The van der Waals surface area contributed by atoms with Gasteiger partial charge in [-0.05, 0) is 30.5 Å². The summed E-state index contributed by atoms with van der Waals surface area (Å²) < 4.78 is 5.12. The van der Waals surface area contributed by atoms with Crippen molar-refractivity contribution >= 4 is 18.3 Å². The Morgan fingerprint density at radius 1 is 1.25 bits per heavy atom. The van der Waals surface area contributed by atoms with E-state index in [0.29, 0.717) is 6.42 Å². The number of methoxy groups -OCH3 is 1.